The molecule has 0 saturated heterocycles. The Balaban J connectivity index is 1.60. The Bertz CT molecular complexity index is 874. The number of carboxylic acid groups (broad SMARTS) is 1. The van der Waals surface area contributed by atoms with Gasteiger partial charge in [-0.2, -0.15) is 0 Å². The zero-order chi connectivity index (χ0) is 24.2. The van der Waals surface area contributed by atoms with Crippen LogP contribution in [0.25, 0.3) is 0 Å². The highest BCUT2D eigenvalue weighted by molar-refractivity contribution is 5.75. The van der Waals surface area contributed by atoms with Gasteiger partial charge in [-0.3, -0.25) is 4.79 Å². The number of hydrogen-bond donors (Lipinski definition) is 1. The van der Waals surface area contributed by atoms with E-state index in [9.17, 15) is 9.90 Å². The summed E-state index contributed by atoms with van der Waals surface area (Å²) in [6.07, 6.45) is 13.9. The Morgan fingerprint density at radius 1 is 0.879 bits per heavy atom. The lowest BCUT2D eigenvalue weighted by atomic mass is 9.33. The molecule has 5 rings (SSSR count). The minimum atomic E-state index is -0.586. The third kappa shape index (κ3) is 2.76. The Morgan fingerprint density at radius 2 is 1.58 bits per heavy atom. The number of aliphatic carboxylic acids is 1. The van der Waals surface area contributed by atoms with Crippen molar-refractivity contribution in [1.29, 1.82) is 0 Å². The van der Waals surface area contributed by atoms with Crippen LogP contribution >= 0.6 is 0 Å². The molecule has 2 heteroatoms. The van der Waals surface area contributed by atoms with Crippen LogP contribution in [0.1, 0.15) is 113 Å². The van der Waals surface area contributed by atoms with E-state index >= 15 is 0 Å². The topological polar surface area (TPSA) is 37.3 Å². The number of carboxylic acids is 1. The van der Waals surface area contributed by atoms with Gasteiger partial charge in [0.25, 0.3) is 0 Å². The normalized spacial score (nSPS) is 58.2. The van der Waals surface area contributed by atoms with Gasteiger partial charge in [-0.15, -0.1) is 0 Å². The standard InChI is InChI=1S/C31H50O2/c1-19-11-14-27(4)17-18-29(6)22(25(27)21(19)3)9-10-23-28(5)15-12-20(2)31(8,26(32)33)24(28)13-16-30(23,29)7/h9,19-21,23-25H,10-18H2,1-8H3,(H,32,33)/t19-,20-,21+,23?,24?,25?,27-,28-,29-,30-,31+/m1/s1. The summed E-state index contributed by atoms with van der Waals surface area (Å²) in [5.74, 6) is 2.94. The summed E-state index contributed by atoms with van der Waals surface area (Å²) in [5, 5.41) is 10.4. The molecule has 3 unspecified atom stereocenters. The molecular weight excluding hydrogens is 404 g/mol. The van der Waals surface area contributed by atoms with Gasteiger partial charge >= 0.3 is 5.97 Å². The summed E-state index contributed by atoms with van der Waals surface area (Å²) >= 11 is 0. The van der Waals surface area contributed by atoms with Crippen LogP contribution in [-0.2, 0) is 4.79 Å². The van der Waals surface area contributed by atoms with Gasteiger partial charge in [0.2, 0.25) is 0 Å². The van der Waals surface area contributed by atoms with Crippen LogP contribution in [0.3, 0.4) is 0 Å². The molecule has 33 heavy (non-hydrogen) atoms. The first-order valence-electron chi connectivity index (χ1n) is 14.2. The molecule has 0 aromatic rings. The molecule has 2 nitrogen and oxygen atoms in total. The number of hydrogen-bond acceptors (Lipinski definition) is 1. The highest BCUT2D eigenvalue weighted by Gasteiger charge is 2.69. The van der Waals surface area contributed by atoms with Crippen molar-refractivity contribution in [1.82, 2.24) is 0 Å². The first-order valence-corrected chi connectivity index (χ1v) is 14.2. The van der Waals surface area contributed by atoms with E-state index < -0.39 is 11.4 Å². The third-order valence-electron chi connectivity index (χ3n) is 14.0. The fourth-order valence-corrected chi connectivity index (χ4v) is 11.1. The molecule has 0 bridgehead atoms. The van der Waals surface area contributed by atoms with Gasteiger partial charge in [0.05, 0.1) is 5.41 Å². The first kappa shape index (κ1) is 23.9. The van der Waals surface area contributed by atoms with Crippen LogP contribution in [0, 0.1) is 62.6 Å². The van der Waals surface area contributed by atoms with Crippen LogP contribution in [0.15, 0.2) is 11.6 Å². The highest BCUT2D eigenvalue weighted by atomic mass is 16.4. The lowest BCUT2D eigenvalue weighted by molar-refractivity contribution is -0.206. The van der Waals surface area contributed by atoms with Crippen LogP contribution in [-0.4, -0.2) is 11.1 Å². The molecule has 5 aliphatic rings. The van der Waals surface area contributed by atoms with Crippen molar-refractivity contribution in [2.75, 3.05) is 0 Å². The molecule has 0 aromatic heterocycles. The van der Waals surface area contributed by atoms with E-state index in [1.54, 1.807) is 0 Å². The van der Waals surface area contributed by atoms with Crippen molar-refractivity contribution in [3.8, 4) is 0 Å². The van der Waals surface area contributed by atoms with Gasteiger partial charge in [0, 0.05) is 0 Å². The van der Waals surface area contributed by atoms with Gasteiger partial charge in [0.1, 0.15) is 0 Å². The molecule has 4 fully saturated rings. The number of carbonyl (C=O) groups is 1. The van der Waals surface area contributed by atoms with E-state index in [1.165, 1.54) is 44.9 Å². The minimum Gasteiger partial charge on any atom is -0.481 e. The third-order valence-corrected chi connectivity index (χ3v) is 14.0. The highest BCUT2D eigenvalue weighted by Crippen LogP contribution is 2.76. The summed E-state index contributed by atoms with van der Waals surface area (Å²) in [4.78, 5) is 12.7. The van der Waals surface area contributed by atoms with E-state index in [-0.39, 0.29) is 22.2 Å². The quantitative estimate of drug-likeness (QED) is 0.404. The summed E-state index contributed by atoms with van der Waals surface area (Å²) in [6.45, 7) is 19.7. The van der Waals surface area contributed by atoms with Gasteiger partial charge in [-0.25, -0.2) is 0 Å². The molecule has 0 aliphatic heterocycles. The monoisotopic (exact) mass is 454 g/mol. The van der Waals surface area contributed by atoms with E-state index in [2.05, 4.69) is 61.5 Å². The van der Waals surface area contributed by atoms with Gasteiger partial charge < -0.3 is 5.11 Å². The van der Waals surface area contributed by atoms with Crippen LogP contribution < -0.4 is 0 Å². The van der Waals surface area contributed by atoms with Crippen LogP contribution in [0.5, 0.6) is 0 Å². The van der Waals surface area contributed by atoms with Crippen molar-refractivity contribution in [3.63, 3.8) is 0 Å². The minimum absolute atomic E-state index is 0.129. The van der Waals surface area contributed by atoms with E-state index in [1.807, 2.05) is 5.57 Å². The lowest BCUT2D eigenvalue weighted by Gasteiger charge is -2.71. The average Bonchev–Trinajstić information content (AvgIpc) is 2.75. The van der Waals surface area contributed by atoms with E-state index in [0.717, 1.165) is 30.6 Å². The molecule has 0 heterocycles. The molecule has 0 radical (unpaired) electrons. The molecule has 5 aliphatic carbocycles. The zero-order valence-electron chi connectivity index (χ0n) is 22.8. The van der Waals surface area contributed by atoms with Crippen molar-refractivity contribution in [3.05, 3.63) is 11.6 Å². The fraction of sp³-hybridized carbons (Fsp3) is 0.903. The van der Waals surface area contributed by atoms with Crippen molar-refractivity contribution in [2.24, 2.45) is 62.6 Å². The molecule has 11 atom stereocenters. The van der Waals surface area contributed by atoms with Gasteiger partial charge in [-0.1, -0.05) is 60.1 Å². The van der Waals surface area contributed by atoms with Crippen molar-refractivity contribution in [2.45, 2.75) is 113 Å². The predicted octanol–water partition coefficient (Wildman–Crippen LogP) is 8.36. The summed E-state index contributed by atoms with van der Waals surface area (Å²) in [5.41, 5.74) is 2.39. The largest absolute Gasteiger partial charge is 0.481 e. The molecule has 0 aromatic carbocycles. The van der Waals surface area contributed by atoms with Crippen LogP contribution in [0.2, 0.25) is 0 Å². The van der Waals surface area contributed by atoms with Gasteiger partial charge in [0.15, 0.2) is 0 Å². The van der Waals surface area contributed by atoms with Crippen molar-refractivity contribution < 1.29 is 9.90 Å². The predicted molar refractivity (Wildman–Crippen MR) is 136 cm³/mol. The maximum Gasteiger partial charge on any atom is 0.309 e. The number of allylic oxidation sites excluding steroid dienone is 2. The second kappa shape index (κ2) is 7.13. The molecule has 0 amide bonds. The Labute approximate surface area is 203 Å². The summed E-state index contributed by atoms with van der Waals surface area (Å²) in [7, 11) is 0. The molecule has 0 spiro atoms. The Hall–Kier alpha value is -0.790. The van der Waals surface area contributed by atoms with E-state index in [4.69, 9.17) is 0 Å². The SMILES string of the molecule is C[C@@H]1CC[C@]2(C)CC[C@]3(C)C(=CCC4[C@@]5(C)CC[C@@H](C)[C@](C)(C(=O)O)C5CC[C@]43C)C2[C@H]1C. The molecule has 186 valence electrons. The first-order chi connectivity index (χ1) is 15.3. The lowest BCUT2D eigenvalue weighted by Crippen LogP contribution is -2.65. The molecule has 1 N–H and O–H groups in total. The van der Waals surface area contributed by atoms with Crippen molar-refractivity contribution >= 4 is 5.97 Å². The smallest absolute Gasteiger partial charge is 0.309 e. The molecule has 4 saturated carbocycles. The van der Waals surface area contributed by atoms with Crippen LogP contribution in [0.4, 0.5) is 0 Å². The number of rotatable bonds is 1. The number of fused-ring (bicyclic) bond motifs is 7. The second-order valence-electron chi connectivity index (χ2n) is 14.8. The average molecular weight is 455 g/mol. The Morgan fingerprint density at radius 3 is 2.24 bits per heavy atom. The van der Waals surface area contributed by atoms with E-state index in [0.29, 0.717) is 17.3 Å². The fourth-order valence-electron chi connectivity index (χ4n) is 11.1. The maximum atomic E-state index is 12.7. The molecular formula is C31H50O2. The zero-order valence-corrected chi connectivity index (χ0v) is 22.8. The van der Waals surface area contributed by atoms with Gasteiger partial charge in [-0.05, 0) is 122 Å². The maximum absolute atomic E-state index is 12.7. The second-order valence-corrected chi connectivity index (χ2v) is 14.8. The summed E-state index contributed by atoms with van der Waals surface area (Å²) < 4.78 is 0. The summed E-state index contributed by atoms with van der Waals surface area (Å²) in [6, 6.07) is 0. The Kier molecular flexibility index (Phi) is 5.17.